The van der Waals surface area contributed by atoms with Gasteiger partial charge in [-0.25, -0.2) is 6.08 Å². The molecule has 0 spiro atoms. The summed E-state index contributed by atoms with van der Waals surface area (Å²) in [6.45, 7) is 6.47. The van der Waals surface area contributed by atoms with E-state index in [1.165, 1.54) is 0 Å². The molecular weight excluding hydrogens is 347 g/mol. The fourth-order valence-corrected chi connectivity index (χ4v) is 2.35. The van der Waals surface area contributed by atoms with E-state index < -0.39 is 8.32 Å². The Bertz CT molecular complexity index is 470. The summed E-state index contributed by atoms with van der Waals surface area (Å²) < 4.78 is 11.8. The molecule has 1 aliphatic rings. The molecule has 0 aliphatic heterocycles. The third-order valence-corrected chi connectivity index (χ3v) is 2.98. The van der Waals surface area contributed by atoms with Crippen LogP contribution >= 0.6 is 0 Å². The van der Waals surface area contributed by atoms with Gasteiger partial charge >= 0.3 is 21.7 Å². The third-order valence-electron chi connectivity index (χ3n) is 2.15. The fourth-order valence-electron chi connectivity index (χ4n) is 1.52. The van der Waals surface area contributed by atoms with Gasteiger partial charge in [0.05, 0.1) is 0 Å². The second kappa shape index (κ2) is 9.69. The molecule has 2 nitrogen and oxygen atoms in total. The Morgan fingerprint density at radius 1 is 1.05 bits per heavy atom. The van der Waals surface area contributed by atoms with Crippen LogP contribution in [0.15, 0.2) is 42.2 Å². The first-order valence-electron chi connectivity index (χ1n) is 5.78. The summed E-state index contributed by atoms with van der Waals surface area (Å²) >= 11 is 0. The van der Waals surface area contributed by atoms with Crippen LogP contribution in [0, 0.1) is 6.08 Å². The van der Waals surface area contributed by atoms with E-state index in [0.29, 0.717) is 0 Å². The molecular formula is C14H17Cl2O2SiTi. The van der Waals surface area contributed by atoms with Crippen molar-refractivity contribution in [3.05, 3.63) is 48.3 Å². The maximum atomic E-state index is 5.99. The summed E-state index contributed by atoms with van der Waals surface area (Å²) in [6.07, 6.45) is 7.92. The monoisotopic (exact) mass is 363 g/mol. The van der Waals surface area contributed by atoms with E-state index in [1.54, 1.807) is 0 Å². The maximum absolute atomic E-state index is 5.99. The molecule has 20 heavy (non-hydrogen) atoms. The van der Waals surface area contributed by atoms with Gasteiger partial charge in [-0.1, -0.05) is 12.1 Å². The quantitative estimate of drug-likeness (QED) is 0.452. The second-order valence-corrected chi connectivity index (χ2v) is 9.34. The van der Waals surface area contributed by atoms with Gasteiger partial charge in [-0.15, -0.1) is 6.42 Å². The topological polar surface area (TPSA) is 18.5 Å². The molecule has 0 bridgehead atoms. The molecule has 0 saturated carbocycles. The van der Waals surface area contributed by atoms with Crippen molar-refractivity contribution < 1.29 is 55.7 Å². The molecule has 107 valence electrons. The number of ether oxygens (including phenoxy) is 1. The van der Waals surface area contributed by atoms with Crippen LogP contribution in [-0.2, 0) is 21.7 Å². The molecule has 0 heterocycles. The largest absolute Gasteiger partial charge is 3.00 e. The van der Waals surface area contributed by atoms with Crippen molar-refractivity contribution in [3.8, 4) is 11.5 Å². The molecule has 0 amide bonds. The molecule has 0 unspecified atom stereocenters. The number of halogens is 2. The van der Waals surface area contributed by atoms with Gasteiger partial charge in [0.2, 0.25) is 8.32 Å². The Kier molecular flexibility index (Phi) is 10.7. The van der Waals surface area contributed by atoms with Crippen molar-refractivity contribution >= 4 is 8.32 Å². The zero-order valence-corrected chi connectivity index (χ0v) is 15.8. The van der Waals surface area contributed by atoms with E-state index >= 15 is 0 Å². The van der Waals surface area contributed by atoms with Gasteiger partial charge in [-0.2, -0.15) is 12.2 Å². The molecule has 0 N–H and O–H groups in total. The van der Waals surface area contributed by atoms with Crippen LogP contribution in [0.5, 0.6) is 11.5 Å². The minimum atomic E-state index is -1.61. The van der Waals surface area contributed by atoms with Crippen molar-refractivity contribution in [1.29, 1.82) is 0 Å². The molecule has 1 aromatic carbocycles. The molecule has 0 fully saturated rings. The summed E-state index contributed by atoms with van der Waals surface area (Å²) in [5.41, 5.74) is 0. The van der Waals surface area contributed by atoms with Gasteiger partial charge in [0, 0.05) is 0 Å². The van der Waals surface area contributed by atoms with Gasteiger partial charge in [-0.05, 0) is 37.5 Å². The molecule has 2 rings (SSSR count). The van der Waals surface area contributed by atoms with Crippen molar-refractivity contribution in [2.75, 3.05) is 0 Å². The van der Waals surface area contributed by atoms with E-state index in [-0.39, 0.29) is 46.5 Å². The molecule has 6 heteroatoms. The van der Waals surface area contributed by atoms with Gasteiger partial charge in [0.15, 0.2) is 5.75 Å². The van der Waals surface area contributed by atoms with Crippen molar-refractivity contribution in [1.82, 2.24) is 0 Å². The molecule has 0 atom stereocenters. The van der Waals surface area contributed by atoms with Crippen molar-refractivity contribution in [2.45, 2.75) is 26.1 Å². The van der Waals surface area contributed by atoms with Crippen LogP contribution in [0.4, 0.5) is 0 Å². The van der Waals surface area contributed by atoms with Crippen LogP contribution in [0.3, 0.4) is 0 Å². The predicted molar refractivity (Wildman–Crippen MR) is 71.6 cm³/mol. The first kappa shape index (κ1) is 22.1. The van der Waals surface area contributed by atoms with E-state index in [9.17, 15) is 0 Å². The second-order valence-electron chi connectivity index (χ2n) is 4.91. The molecule has 1 aliphatic carbocycles. The van der Waals surface area contributed by atoms with E-state index in [4.69, 9.17) is 9.16 Å². The zero-order valence-electron chi connectivity index (χ0n) is 11.7. The standard InChI is InChI=1S/C14H17O2Si.2ClH.Ti/c1-17(2,3)16-14-11-7-6-10-13(14)15-12-8-4-5-9-12;;;/h4,6-8,10-11H,5H2,1-3H3;2*1H;/q-1;;;+3/p-2. The first-order chi connectivity index (χ1) is 8.04. The fraction of sp³-hybridized carbons (Fsp3) is 0.286. The number of hydrogen-bond acceptors (Lipinski definition) is 2. The maximum Gasteiger partial charge on any atom is 3.00 e. The van der Waals surface area contributed by atoms with Gasteiger partial charge in [0.25, 0.3) is 0 Å². The van der Waals surface area contributed by atoms with Crippen molar-refractivity contribution in [3.63, 3.8) is 0 Å². The Balaban J connectivity index is 0. The van der Waals surface area contributed by atoms with Gasteiger partial charge in [0.1, 0.15) is 5.75 Å². The molecule has 0 aromatic heterocycles. The molecule has 0 saturated heterocycles. The summed E-state index contributed by atoms with van der Waals surface area (Å²) in [5.74, 6) is 2.36. The number of benzene rings is 1. The Hall–Kier alpha value is -0.189. The summed E-state index contributed by atoms with van der Waals surface area (Å²) in [4.78, 5) is 0. The van der Waals surface area contributed by atoms with Crippen LogP contribution in [0.2, 0.25) is 19.6 Å². The van der Waals surface area contributed by atoms with Gasteiger partial charge in [-0.3, -0.25) is 0 Å². The average molecular weight is 364 g/mol. The SMILES string of the molecule is C[Si](C)(C)Oc1ccccc1OC1=[C-]CC=C1.[Cl-].[Cl-].[Ti+3]. The van der Waals surface area contributed by atoms with Crippen LogP contribution < -0.4 is 34.0 Å². The van der Waals surface area contributed by atoms with E-state index in [1.807, 2.05) is 36.4 Å². The normalized spacial score (nSPS) is 12.4. The minimum Gasteiger partial charge on any atom is -1.00 e. The Morgan fingerprint density at radius 2 is 1.65 bits per heavy atom. The van der Waals surface area contributed by atoms with E-state index in [0.717, 1.165) is 23.7 Å². The molecule has 1 radical (unpaired) electrons. The third kappa shape index (κ3) is 7.00. The van der Waals surface area contributed by atoms with Gasteiger partial charge < -0.3 is 34.0 Å². The van der Waals surface area contributed by atoms with Crippen LogP contribution in [0.25, 0.3) is 0 Å². The number of para-hydroxylation sites is 2. The van der Waals surface area contributed by atoms with E-state index in [2.05, 4.69) is 25.7 Å². The van der Waals surface area contributed by atoms with Crippen molar-refractivity contribution in [2.24, 2.45) is 0 Å². The summed E-state index contributed by atoms with van der Waals surface area (Å²) in [7, 11) is -1.61. The predicted octanol–water partition coefficient (Wildman–Crippen LogP) is -2.07. The number of rotatable bonds is 4. The van der Waals surface area contributed by atoms with Crippen LogP contribution in [0.1, 0.15) is 6.42 Å². The molecule has 1 aromatic rings. The number of hydrogen-bond donors (Lipinski definition) is 0. The zero-order chi connectivity index (χ0) is 12.3. The first-order valence-corrected chi connectivity index (χ1v) is 9.19. The Morgan fingerprint density at radius 3 is 2.15 bits per heavy atom. The smallest absolute Gasteiger partial charge is 1.00 e. The summed E-state index contributed by atoms with van der Waals surface area (Å²) in [5, 5.41) is 0. The van der Waals surface area contributed by atoms with Crippen LogP contribution in [-0.4, -0.2) is 8.32 Å². The Labute approximate surface area is 149 Å². The minimum absolute atomic E-state index is 0. The number of allylic oxidation sites excluding steroid dienone is 3. The average Bonchev–Trinajstić information content (AvgIpc) is 2.71. The summed E-state index contributed by atoms with van der Waals surface area (Å²) in [6, 6.07) is 7.79.